The third-order valence-corrected chi connectivity index (χ3v) is 2.39. The predicted octanol–water partition coefficient (Wildman–Crippen LogP) is 0.983. The number of nitrogens with zero attached hydrogens (tertiary/aromatic N) is 1. The predicted molar refractivity (Wildman–Crippen MR) is 71.5 cm³/mol. The Labute approximate surface area is 117 Å². The Hall–Kier alpha value is -1.74. The van der Waals surface area contributed by atoms with Gasteiger partial charge in [0.25, 0.3) is 5.91 Å². The van der Waals surface area contributed by atoms with Gasteiger partial charge in [-0.2, -0.15) is 5.26 Å². The number of hydrogen-bond donors (Lipinski definition) is 3. The van der Waals surface area contributed by atoms with Gasteiger partial charge in [0, 0.05) is 31.6 Å². The zero-order chi connectivity index (χ0) is 14.5. The van der Waals surface area contributed by atoms with E-state index in [4.69, 9.17) is 22.0 Å². The van der Waals surface area contributed by atoms with Crippen LogP contribution in [-0.4, -0.2) is 36.0 Å². The van der Waals surface area contributed by atoms with Crippen LogP contribution in [0.15, 0.2) is 11.8 Å². The highest BCUT2D eigenvalue weighted by molar-refractivity contribution is 6.18. The zero-order valence-electron chi connectivity index (χ0n) is 10.6. The summed E-state index contributed by atoms with van der Waals surface area (Å²) in [5, 5.41) is 22.6. The average Bonchev–Trinajstić information content (AvgIpc) is 2.38. The van der Waals surface area contributed by atoms with Gasteiger partial charge in [-0.25, -0.2) is 0 Å². The molecule has 6 nitrogen and oxygen atoms in total. The number of aliphatic carboxylic acids is 1. The Balaban J connectivity index is 3.80. The molecular weight excluding hydrogens is 270 g/mol. The van der Waals surface area contributed by atoms with Crippen molar-refractivity contribution in [1.29, 1.82) is 5.26 Å². The van der Waals surface area contributed by atoms with Crippen LogP contribution in [0.25, 0.3) is 0 Å². The van der Waals surface area contributed by atoms with E-state index in [2.05, 4.69) is 10.6 Å². The number of nitrogens with one attached hydrogen (secondary N) is 2. The Bertz CT molecular complexity index is 364. The van der Waals surface area contributed by atoms with Crippen LogP contribution < -0.4 is 10.6 Å². The summed E-state index contributed by atoms with van der Waals surface area (Å²) in [5.41, 5.74) is -0.00403. The highest BCUT2D eigenvalue weighted by atomic mass is 35.5. The molecule has 0 aromatic rings. The van der Waals surface area contributed by atoms with Gasteiger partial charge in [-0.1, -0.05) is 6.42 Å². The average molecular weight is 288 g/mol. The molecule has 0 aromatic heterocycles. The van der Waals surface area contributed by atoms with Crippen molar-refractivity contribution in [2.75, 3.05) is 19.0 Å². The third-order valence-electron chi connectivity index (χ3n) is 2.20. The minimum Gasteiger partial charge on any atom is -0.481 e. The molecule has 0 heterocycles. The minimum atomic E-state index is -0.816. The summed E-state index contributed by atoms with van der Waals surface area (Å²) in [6, 6.07) is 1.79. The topological polar surface area (TPSA) is 102 Å². The number of hydrogen-bond acceptors (Lipinski definition) is 4. The van der Waals surface area contributed by atoms with Gasteiger partial charge < -0.3 is 15.7 Å². The van der Waals surface area contributed by atoms with E-state index >= 15 is 0 Å². The van der Waals surface area contributed by atoms with Gasteiger partial charge in [0.05, 0.1) is 0 Å². The van der Waals surface area contributed by atoms with E-state index in [0.29, 0.717) is 31.8 Å². The van der Waals surface area contributed by atoms with E-state index in [1.165, 1.54) is 6.20 Å². The van der Waals surface area contributed by atoms with Gasteiger partial charge in [0.2, 0.25) is 0 Å². The van der Waals surface area contributed by atoms with E-state index < -0.39 is 11.9 Å². The standard InChI is InChI=1S/C12H18ClN3O3/c13-5-7-15-9-10(8-14)12(19)16-6-3-1-2-4-11(17)18/h9,15H,1-7H2,(H,16,19)(H,17,18)/b10-9-. The van der Waals surface area contributed by atoms with Gasteiger partial charge >= 0.3 is 5.97 Å². The van der Waals surface area contributed by atoms with Gasteiger partial charge in [0.1, 0.15) is 11.6 Å². The molecule has 0 unspecified atom stereocenters. The van der Waals surface area contributed by atoms with Crippen molar-refractivity contribution < 1.29 is 14.7 Å². The molecule has 3 N–H and O–H groups in total. The van der Waals surface area contributed by atoms with Crippen molar-refractivity contribution in [3.05, 3.63) is 11.8 Å². The maximum atomic E-state index is 11.5. The van der Waals surface area contributed by atoms with Crippen molar-refractivity contribution in [3.8, 4) is 6.07 Å². The lowest BCUT2D eigenvalue weighted by molar-refractivity contribution is -0.137. The molecule has 1 amide bonds. The fourth-order valence-corrected chi connectivity index (χ4v) is 1.36. The summed E-state index contributed by atoms with van der Waals surface area (Å²) in [6.07, 6.45) is 3.47. The maximum absolute atomic E-state index is 11.5. The third kappa shape index (κ3) is 9.92. The second-order valence-corrected chi connectivity index (χ2v) is 4.15. The fraction of sp³-hybridized carbons (Fsp3) is 0.583. The van der Waals surface area contributed by atoms with Crippen LogP contribution in [0.5, 0.6) is 0 Å². The van der Waals surface area contributed by atoms with Crippen LogP contribution in [0.3, 0.4) is 0 Å². The first-order valence-electron chi connectivity index (χ1n) is 6.01. The zero-order valence-corrected chi connectivity index (χ0v) is 11.4. The molecule has 0 aliphatic rings. The number of amides is 1. The fourth-order valence-electron chi connectivity index (χ4n) is 1.25. The summed E-state index contributed by atoms with van der Waals surface area (Å²) < 4.78 is 0. The monoisotopic (exact) mass is 287 g/mol. The quantitative estimate of drug-likeness (QED) is 0.241. The van der Waals surface area contributed by atoms with Crippen LogP contribution in [0.1, 0.15) is 25.7 Å². The van der Waals surface area contributed by atoms with E-state index in [-0.39, 0.29) is 12.0 Å². The lowest BCUT2D eigenvalue weighted by Gasteiger charge is -2.04. The second kappa shape index (κ2) is 11.4. The molecule has 0 saturated carbocycles. The number of rotatable bonds is 10. The molecule has 0 rings (SSSR count). The summed E-state index contributed by atoms with van der Waals surface area (Å²) >= 11 is 5.45. The second-order valence-electron chi connectivity index (χ2n) is 3.77. The Kier molecular flexibility index (Phi) is 10.3. The lowest BCUT2D eigenvalue weighted by atomic mass is 10.2. The number of halogens is 1. The normalized spacial score (nSPS) is 10.6. The highest BCUT2D eigenvalue weighted by Gasteiger charge is 2.07. The molecule has 0 fully saturated rings. The molecule has 0 aliphatic carbocycles. The lowest BCUT2D eigenvalue weighted by Crippen LogP contribution is -2.26. The Morgan fingerprint density at radius 1 is 1.26 bits per heavy atom. The molecule has 7 heteroatoms. The van der Waals surface area contributed by atoms with Gasteiger partial charge in [0.15, 0.2) is 0 Å². The number of unbranched alkanes of at least 4 members (excludes halogenated alkanes) is 2. The number of carboxylic acids is 1. The van der Waals surface area contributed by atoms with Crippen LogP contribution >= 0.6 is 11.6 Å². The Morgan fingerprint density at radius 3 is 2.58 bits per heavy atom. The van der Waals surface area contributed by atoms with Gasteiger partial charge in [-0.3, -0.25) is 9.59 Å². The molecule has 0 radical (unpaired) electrons. The van der Waals surface area contributed by atoms with Crippen molar-refractivity contribution in [1.82, 2.24) is 10.6 Å². The number of carbonyl (C=O) groups excluding carboxylic acids is 1. The Morgan fingerprint density at radius 2 is 2.00 bits per heavy atom. The molecule has 0 aromatic carbocycles. The first-order valence-corrected chi connectivity index (χ1v) is 6.55. The molecular formula is C12H18ClN3O3. The summed E-state index contributed by atoms with van der Waals surface area (Å²) in [7, 11) is 0. The van der Waals surface area contributed by atoms with Crippen molar-refractivity contribution in [2.24, 2.45) is 0 Å². The molecule has 0 spiro atoms. The molecule has 19 heavy (non-hydrogen) atoms. The van der Waals surface area contributed by atoms with E-state index in [9.17, 15) is 9.59 Å². The van der Waals surface area contributed by atoms with Crippen molar-refractivity contribution >= 4 is 23.5 Å². The number of alkyl halides is 1. The van der Waals surface area contributed by atoms with Gasteiger partial charge in [-0.15, -0.1) is 11.6 Å². The van der Waals surface area contributed by atoms with E-state index in [0.717, 1.165) is 6.42 Å². The van der Waals surface area contributed by atoms with Crippen molar-refractivity contribution in [3.63, 3.8) is 0 Å². The SMILES string of the molecule is N#C/C(=C/NCCCl)C(=O)NCCCCCC(=O)O. The van der Waals surface area contributed by atoms with Crippen LogP contribution in [0.2, 0.25) is 0 Å². The molecule has 0 saturated heterocycles. The largest absolute Gasteiger partial charge is 0.481 e. The van der Waals surface area contributed by atoms with Crippen LogP contribution in [0.4, 0.5) is 0 Å². The summed E-state index contributed by atoms with van der Waals surface area (Å²) in [6.45, 7) is 0.905. The molecule has 0 bridgehead atoms. The maximum Gasteiger partial charge on any atom is 0.303 e. The van der Waals surface area contributed by atoms with Crippen LogP contribution in [-0.2, 0) is 9.59 Å². The van der Waals surface area contributed by atoms with E-state index in [1.54, 1.807) is 6.07 Å². The smallest absolute Gasteiger partial charge is 0.303 e. The highest BCUT2D eigenvalue weighted by Crippen LogP contribution is 1.99. The first-order chi connectivity index (χ1) is 9.11. The van der Waals surface area contributed by atoms with Crippen LogP contribution in [0, 0.1) is 11.3 Å². The van der Waals surface area contributed by atoms with Gasteiger partial charge in [-0.05, 0) is 12.8 Å². The molecule has 0 aliphatic heterocycles. The molecule has 106 valence electrons. The van der Waals surface area contributed by atoms with E-state index in [1.807, 2.05) is 0 Å². The van der Waals surface area contributed by atoms with Crippen molar-refractivity contribution in [2.45, 2.75) is 25.7 Å². The number of carbonyl (C=O) groups is 2. The first kappa shape index (κ1) is 17.3. The summed E-state index contributed by atoms with van der Waals surface area (Å²) in [5.74, 6) is -0.868. The number of carboxylic acid groups (broad SMARTS) is 1. The summed E-state index contributed by atoms with van der Waals surface area (Å²) in [4.78, 5) is 21.8. The number of nitriles is 1. The molecule has 0 atom stereocenters. The minimum absolute atomic E-state index is 0.00403.